The largest absolute Gasteiger partial charge is 0.251 e. The highest BCUT2D eigenvalue weighted by molar-refractivity contribution is 8.05. The number of nitrogens with zero attached hydrogens (tertiary/aromatic N) is 12. The summed E-state index contributed by atoms with van der Waals surface area (Å²) < 4.78 is 7.49. The SMILES string of the molecule is c1cnn(-c2cnc3c(c2)B2c4cc(-n5cccn5)cnc4Sc4c5c6c(c(c42)S3)Sc2ncc(-n3cccn3)cc2B6c2cc(-n3cccn3)cnc2S5)c1. The van der Waals surface area contributed by atoms with Crippen molar-refractivity contribution in [2.75, 3.05) is 0 Å². The molecule has 8 aromatic heterocycles. The first kappa shape index (κ1) is 31.4. The van der Waals surface area contributed by atoms with Crippen LogP contribution in [0.15, 0.2) is 163 Å². The average Bonchev–Trinajstić information content (AvgIpc) is 4.10. The first-order valence-corrected chi connectivity index (χ1v) is 20.9. The van der Waals surface area contributed by atoms with Crippen molar-refractivity contribution in [3.63, 3.8) is 0 Å². The Hall–Kier alpha value is -5.81. The third-order valence-corrected chi connectivity index (χ3v) is 15.4. The van der Waals surface area contributed by atoms with Crippen molar-refractivity contribution in [1.29, 1.82) is 0 Å². The van der Waals surface area contributed by atoms with E-state index in [-0.39, 0.29) is 13.4 Å². The van der Waals surface area contributed by atoms with Gasteiger partial charge in [0.05, 0.1) is 67.6 Å². The molecule has 13 rings (SSSR count). The number of pyridine rings is 4. The fourth-order valence-corrected chi connectivity index (χ4v) is 13.3. The normalized spacial score (nSPS) is 14.1. The van der Waals surface area contributed by atoms with E-state index in [4.69, 9.17) is 19.9 Å². The van der Waals surface area contributed by atoms with Gasteiger partial charge in [-0.2, -0.15) is 20.4 Å². The second-order valence-corrected chi connectivity index (χ2v) is 17.6. The molecule has 0 unspecified atom stereocenters. The van der Waals surface area contributed by atoms with Crippen LogP contribution in [0.1, 0.15) is 0 Å². The second-order valence-electron chi connectivity index (χ2n) is 13.6. The second kappa shape index (κ2) is 11.8. The number of benzene rings is 1. The first-order chi connectivity index (χ1) is 27.7. The van der Waals surface area contributed by atoms with Gasteiger partial charge in [0.2, 0.25) is 0 Å². The van der Waals surface area contributed by atoms with Crippen LogP contribution in [0.4, 0.5) is 0 Å². The first-order valence-electron chi connectivity index (χ1n) is 17.7. The van der Waals surface area contributed by atoms with Crippen LogP contribution < -0.4 is 32.8 Å². The van der Waals surface area contributed by atoms with E-state index in [0.717, 1.165) is 64.7 Å². The molecule has 1 aromatic carbocycles. The molecule has 12 nitrogen and oxygen atoms in total. The molecule has 4 aliphatic rings. The molecule has 0 aliphatic carbocycles. The molecule has 0 saturated heterocycles. The summed E-state index contributed by atoms with van der Waals surface area (Å²) in [6.45, 7) is -0.263. The summed E-state index contributed by atoms with van der Waals surface area (Å²) in [6, 6.07) is 16.7. The van der Waals surface area contributed by atoms with E-state index in [1.807, 2.05) is 92.6 Å². The predicted octanol–water partition coefficient (Wildman–Crippen LogP) is 2.90. The van der Waals surface area contributed by atoms with Gasteiger partial charge in [-0.3, -0.25) is 0 Å². The van der Waals surface area contributed by atoms with Crippen LogP contribution >= 0.6 is 47.0 Å². The lowest BCUT2D eigenvalue weighted by Gasteiger charge is -2.40. The molecule has 4 aliphatic heterocycles. The summed E-state index contributed by atoms with van der Waals surface area (Å²) in [5.74, 6) is 0. The van der Waals surface area contributed by atoms with Crippen LogP contribution in [0, 0.1) is 0 Å². The molecule has 0 bridgehead atoms. The molecule has 12 heterocycles. The Morgan fingerprint density at radius 2 is 0.643 bits per heavy atom. The van der Waals surface area contributed by atoms with Crippen LogP contribution in [0.2, 0.25) is 0 Å². The average molecular weight is 795 g/mol. The van der Waals surface area contributed by atoms with Gasteiger partial charge in [-0.1, -0.05) is 47.0 Å². The van der Waals surface area contributed by atoms with Gasteiger partial charge in [0.1, 0.15) is 0 Å². The zero-order valence-electron chi connectivity index (χ0n) is 28.7. The van der Waals surface area contributed by atoms with Crippen LogP contribution in [0.25, 0.3) is 22.7 Å². The zero-order chi connectivity index (χ0) is 36.5. The van der Waals surface area contributed by atoms with Gasteiger partial charge in [-0.05, 0) is 81.3 Å². The van der Waals surface area contributed by atoms with Crippen LogP contribution in [-0.4, -0.2) is 72.5 Å². The van der Waals surface area contributed by atoms with E-state index in [0.29, 0.717) is 0 Å². The lowest BCUT2D eigenvalue weighted by molar-refractivity contribution is 0.867. The van der Waals surface area contributed by atoms with Crippen LogP contribution in [-0.2, 0) is 0 Å². The molecule has 0 amide bonds. The Kier molecular flexibility index (Phi) is 6.64. The maximum Gasteiger partial charge on any atom is 0.251 e. The number of hydrogen-bond acceptors (Lipinski definition) is 12. The lowest BCUT2D eigenvalue weighted by atomic mass is 9.34. The predicted molar refractivity (Wildman–Crippen MR) is 218 cm³/mol. The number of fused-ring (bicyclic) bond motifs is 10. The minimum Gasteiger partial charge on any atom is -0.248 e. The quantitative estimate of drug-likeness (QED) is 0.244. The summed E-state index contributed by atoms with van der Waals surface area (Å²) in [5, 5.41) is 22.1. The Morgan fingerprint density at radius 3 is 0.875 bits per heavy atom. The van der Waals surface area contributed by atoms with Gasteiger partial charge in [0.15, 0.2) is 0 Å². The van der Waals surface area contributed by atoms with E-state index in [1.165, 1.54) is 30.5 Å². The molecule has 0 N–H and O–H groups in total. The summed E-state index contributed by atoms with van der Waals surface area (Å²) >= 11 is 7.03. The van der Waals surface area contributed by atoms with Crippen molar-refractivity contribution in [2.45, 2.75) is 39.7 Å². The molecular formula is C38H20B2N12S4. The van der Waals surface area contributed by atoms with Gasteiger partial charge >= 0.3 is 0 Å². The fourth-order valence-electron chi connectivity index (χ4n) is 8.16. The summed E-state index contributed by atoms with van der Waals surface area (Å²) in [4.78, 5) is 25.5. The number of hydrogen-bond donors (Lipinski definition) is 0. The van der Waals surface area contributed by atoms with Gasteiger partial charge < -0.3 is 0 Å². The Labute approximate surface area is 335 Å². The van der Waals surface area contributed by atoms with E-state index in [1.54, 1.807) is 71.8 Å². The molecule has 0 saturated carbocycles. The highest BCUT2D eigenvalue weighted by Crippen LogP contribution is 2.49. The van der Waals surface area contributed by atoms with Crippen molar-refractivity contribution < 1.29 is 0 Å². The van der Waals surface area contributed by atoms with E-state index in [9.17, 15) is 0 Å². The molecule has 56 heavy (non-hydrogen) atoms. The Bertz CT molecular complexity index is 2660. The molecule has 262 valence electrons. The molecular weight excluding hydrogens is 774 g/mol. The van der Waals surface area contributed by atoms with Gasteiger partial charge in [0, 0.05) is 69.2 Å². The Balaban J connectivity index is 1.09. The standard InChI is InChI=1S/C38H20B2N12S4/c1-5-45-49(9-1)21-13-25-35(41-17-21)53-31-29-32(54-36-26(39(25)29)14-22(18-42-36)50-10-2-6-46-50)34-30-33(31)55-37-27(15-23(19-43-37)51-11-3-7-47-51)40(30)28-16-24(20-44-38(28)56-34)52-12-4-8-48-52/h1-20H. The van der Waals surface area contributed by atoms with E-state index < -0.39 is 0 Å². The maximum atomic E-state index is 5.15. The van der Waals surface area contributed by atoms with Crippen molar-refractivity contribution >= 4 is 93.2 Å². The monoisotopic (exact) mass is 794 g/mol. The Morgan fingerprint density at radius 1 is 0.375 bits per heavy atom. The van der Waals surface area contributed by atoms with E-state index in [2.05, 4.69) is 44.7 Å². The summed E-state index contributed by atoms with van der Waals surface area (Å²) in [6.07, 6.45) is 22.7. The van der Waals surface area contributed by atoms with E-state index >= 15 is 0 Å². The third-order valence-electron chi connectivity index (χ3n) is 10.5. The van der Waals surface area contributed by atoms with Crippen molar-refractivity contribution in [1.82, 2.24) is 59.1 Å². The molecule has 0 radical (unpaired) electrons. The molecule has 18 heteroatoms. The van der Waals surface area contributed by atoms with Crippen molar-refractivity contribution in [3.8, 4) is 22.7 Å². The molecule has 0 atom stereocenters. The number of aromatic nitrogens is 12. The third kappa shape index (κ3) is 4.51. The highest BCUT2D eigenvalue weighted by atomic mass is 32.2. The number of rotatable bonds is 4. The minimum atomic E-state index is -0.132. The minimum absolute atomic E-state index is 0.132. The molecule has 9 aromatic rings. The molecule has 0 spiro atoms. The lowest BCUT2D eigenvalue weighted by Crippen LogP contribution is -2.63. The van der Waals surface area contributed by atoms with Crippen LogP contribution in [0.5, 0.6) is 0 Å². The summed E-state index contributed by atoms with van der Waals surface area (Å²) in [5.41, 5.74) is 10.7. The zero-order valence-corrected chi connectivity index (χ0v) is 32.0. The van der Waals surface area contributed by atoms with Gasteiger partial charge in [-0.15, -0.1) is 0 Å². The summed E-state index contributed by atoms with van der Waals surface area (Å²) in [7, 11) is 0. The van der Waals surface area contributed by atoms with Crippen molar-refractivity contribution in [2.24, 2.45) is 0 Å². The van der Waals surface area contributed by atoms with Gasteiger partial charge in [0.25, 0.3) is 13.4 Å². The topological polar surface area (TPSA) is 123 Å². The van der Waals surface area contributed by atoms with Crippen molar-refractivity contribution in [3.05, 3.63) is 123 Å². The maximum absolute atomic E-state index is 5.15. The fraction of sp³-hybridized carbons (Fsp3) is 0. The van der Waals surface area contributed by atoms with Gasteiger partial charge in [-0.25, -0.2) is 38.7 Å². The molecule has 0 fully saturated rings. The highest BCUT2D eigenvalue weighted by Gasteiger charge is 2.48. The smallest absolute Gasteiger partial charge is 0.248 e. The van der Waals surface area contributed by atoms with Crippen LogP contribution in [0.3, 0.4) is 0 Å².